The summed E-state index contributed by atoms with van der Waals surface area (Å²) in [5.41, 5.74) is 2.59. The molecule has 0 aliphatic heterocycles. The predicted octanol–water partition coefficient (Wildman–Crippen LogP) is 3.75. The molecule has 0 radical (unpaired) electrons. The van der Waals surface area contributed by atoms with Gasteiger partial charge in [-0.05, 0) is 38.7 Å². The van der Waals surface area contributed by atoms with Crippen molar-refractivity contribution in [2.24, 2.45) is 0 Å². The number of likely N-dealkylation sites (N-methyl/N-ethyl adjacent to an activating group) is 1. The Labute approximate surface area is 131 Å². The molecule has 1 aromatic carbocycles. The largest absolute Gasteiger partial charge is 0.461 e. The minimum absolute atomic E-state index is 0.280. The molecule has 0 amide bonds. The minimum Gasteiger partial charge on any atom is -0.461 e. The number of imidazole rings is 1. The maximum atomic E-state index is 5.49. The van der Waals surface area contributed by atoms with E-state index >= 15 is 0 Å². The molecule has 2 heterocycles. The van der Waals surface area contributed by atoms with Crippen molar-refractivity contribution in [2.45, 2.75) is 19.5 Å². The van der Waals surface area contributed by atoms with Crippen molar-refractivity contribution in [3.63, 3.8) is 0 Å². The van der Waals surface area contributed by atoms with Crippen molar-refractivity contribution in [2.75, 3.05) is 14.1 Å². The van der Waals surface area contributed by atoms with Crippen molar-refractivity contribution < 1.29 is 4.42 Å². The molecule has 1 unspecified atom stereocenters. The second-order valence-electron chi connectivity index (χ2n) is 5.77. The molecule has 1 atom stereocenters. The first-order valence-corrected chi connectivity index (χ1v) is 7.43. The summed E-state index contributed by atoms with van der Waals surface area (Å²) < 4.78 is 7.63. The third kappa shape index (κ3) is 2.97. The molecule has 3 aromatic rings. The van der Waals surface area contributed by atoms with Gasteiger partial charge in [-0.15, -0.1) is 0 Å². The van der Waals surface area contributed by atoms with E-state index in [-0.39, 0.29) is 6.04 Å². The number of aryl methyl sites for hydroxylation is 1. The predicted molar refractivity (Wildman–Crippen MR) is 87.5 cm³/mol. The van der Waals surface area contributed by atoms with E-state index in [0.717, 1.165) is 18.1 Å². The van der Waals surface area contributed by atoms with Crippen LogP contribution in [0.25, 0.3) is 11.6 Å². The van der Waals surface area contributed by atoms with Gasteiger partial charge in [-0.3, -0.25) is 0 Å². The van der Waals surface area contributed by atoms with Gasteiger partial charge < -0.3 is 13.9 Å². The Hall–Kier alpha value is -2.33. The molecule has 0 bridgehead atoms. The average Bonchev–Trinajstić information content (AvgIpc) is 3.15. The third-order valence-corrected chi connectivity index (χ3v) is 3.88. The van der Waals surface area contributed by atoms with Gasteiger partial charge in [0.25, 0.3) is 0 Å². The van der Waals surface area contributed by atoms with Gasteiger partial charge in [-0.2, -0.15) is 0 Å². The Morgan fingerprint density at radius 2 is 2.09 bits per heavy atom. The van der Waals surface area contributed by atoms with E-state index in [0.29, 0.717) is 0 Å². The SMILES string of the molecule is Cc1cccc(C(Cn2ccnc2-c2ccco2)N(C)C)c1. The number of hydrogen-bond donors (Lipinski definition) is 0. The van der Waals surface area contributed by atoms with Crippen molar-refractivity contribution in [1.82, 2.24) is 14.5 Å². The lowest BCUT2D eigenvalue weighted by Gasteiger charge is -2.26. The van der Waals surface area contributed by atoms with E-state index in [1.165, 1.54) is 11.1 Å². The molecule has 0 N–H and O–H groups in total. The molecule has 4 heteroatoms. The number of benzene rings is 1. The van der Waals surface area contributed by atoms with Crippen molar-refractivity contribution in [3.8, 4) is 11.6 Å². The summed E-state index contributed by atoms with van der Waals surface area (Å²) in [5.74, 6) is 1.66. The van der Waals surface area contributed by atoms with E-state index in [2.05, 4.69) is 59.7 Å². The van der Waals surface area contributed by atoms with E-state index in [4.69, 9.17) is 4.42 Å². The lowest BCUT2D eigenvalue weighted by Crippen LogP contribution is -2.24. The molecule has 0 saturated heterocycles. The second kappa shape index (κ2) is 6.20. The Morgan fingerprint density at radius 3 is 2.77 bits per heavy atom. The molecule has 2 aromatic heterocycles. The van der Waals surface area contributed by atoms with E-state index in [1.54, 1.807) is 6.26 Å². The fourth-order valence-electron chi connectivity index (χ4n) is 2.72. The number of nitrogens with zero attached hydrogens (tertiary/aromatic N) is 3. The second-order valence-corrected chi connectivity index (χ2v) is 5.77. The molecule has 0 saturated carbocycles. The average molecular weight is 295 g/mol. The van der Waals surface area contributed by atoms with E-state index < -0.39 is 0 Å². The Morgan fingerprint density at radius 1 is 1.23 bits per heavy atom. The zero-order valence-corrected chi connectivity index (χ0v) is 13.2. The molecular formula is C18H21N3O. The molecular weight excluding hydrogens is 274 g/mol. The monoisotopic (exact) mass is 295 g/mol. The first kappa shape index (κ1) is 14.6. The highest BCUT2D eigenvalue weighted by Gasteiger charge is 2.18. The first-order chi connectivity index (χ1) is 10.6. The van der Waals surface area contributed by atoms with Gasteiger partial charge in [0.15, 0.2) is 11.6 Å². The fraction of sp³-hybridized carbons (Fsp3) is 0.278. The minimum atomic E-state index is 0.280. The smallest absolute Gasteiger partial charge is 0.176 e. The van der Waals surface area contributed by atoms with Crippen molar-refractivity contribution in [1.29, 1.82) is 0 Å². The van der Waals surface area contributed by atoms with Crippen LogP contribution in [-0.2, 0) is 6.54 Å². The van der Waals surface area contributed by atoms with Crippen LogP contribution in [0.15, 0.2) is 59.5 Å². The van der Waals surface area contributed by atoms with Crippen LogP contribution in [0.5, 0.6) is 0 Å². The quantitative estimate of drug-likeness (QED) is 0.719. The summed E-state index contributed by atoms with van der Waals surface area (Å²) in [6, 6.07) is 12.8. The summed E-state index contributed by atoms with van der Waals surface area (Å²) in [4.78, 5) is 6.67. The fourth-order valence-corrected chi connectivity index (χ4v) is 2.72. The molecule has 0 aliphatic carbocycles. The van der Waals surface area contributed by atoms with Crippen LogP contribution < -0.4 is 0 Å². The molecule has 114 valence electrons. The summed E-state index contributed by atoms with van der Waals surface area (Å²) in [5, 5.41) is 0. The van der Waals surface area contributed by atoms with Gasteiger partial charge in [0.2, 0.25) is 0 Å². The zero-order chi connectivity index (χ0) is 15.5. The van der Waals surface area contributed by atoms with Crippen LogP contribution in [0.4, 0.5) is 0 Å². The van der Waals surface area contributed by atoms with Gasteiger partial charge in [0, 0.05) is 18.9 Å². The van der Waals surface area contributed by atoms with Gasteiger partial charge in [0.05, 0.1) is 12.3 Å². The topological polar surface area (TPSA) is 34.2 Å². The van der Waals surface area contributed by atoms with Crippen LogP contribution in [0.3, 0.4) is 0 Å². The van der Waals surface area contributed by atoms with Gasteiger partial charge in [-0.25, -0.2) is 4.98 Å². The van der Waals surface area contributed by atoms with E-state index in [1.807, 2.05) is 24.5 Å². The lowest BCUT2D eigenvalue weighted by atomic mass is 10.0. The van der Waals surface area contributed by atoms with Crippen molar-refractivity contribution in [3.05, 3.63) is 66.2 Å². The molecule has 22 heavy (non-hydrogen) atoms. The highest BCUT2D eigenvalue weighted by molar-refractivity contribution is 5.46. The maximum Gasteiger partial charge on any atom is 0.176 e. The molecule has 0 aliphatic rings. The molecule has 4 nitrogen and oxygen atoms in total. The molecule has 3 rings (SSSR count). The van der Waals surface area contributed by atoms with Crippen LogP contribution >= 0.6 is 0 Å². The summed E-state index contributed by atoms with van der Waals surface area (Å²) in [6.07, 6.45) is 5.50. The Kier molecular flexibility index (Phi) is 4.11. The number of aromatic nitrogens is 2. The normalized spacial score (nSPS) is 12.7. The van der Waals surface area contributed by atoms with Crippen LogP contribution in [0.1, 0.15) is 17.2 Å². The molecule has 0 spiro atoms. The first-order valence-electron chi connectivity index (χ1n) is 7.43. The summed E-state index contributed by atoms with van der Waals surface area (Å²) >= 11 is 0. The highest BCUT2D eigenvalue weighted by Crippen LogP contribution is 2.25. The van der Waals surface area contributed by atoms with Crippen molar-refractivity contribution >= 4 is 0 Å². The Bertz CT molecular complexity index is 728. The highest BCUT2D eigenvalue weighted by atomic mass is 16.3. The van der Waals surface area contributed by atoms with Crippen LogP contribution in [0, 0.1) is 6.92 Å². The standard InChI is InChI=1S/C18H21N3O/c1-14-6-4-7-15(12-14)16(20(2)3)13-21-10-9-19-18(21)17-8-5-11-22-17/h4-12,16H,13H2,1-3H3. The Balaban J connectivity index is 1.91. The zero-order valence-electron chi connectivity index (χ0n) is 13.2. The number of rotatable bonds is 5. The summed E-state index contributed by atoms with van der Waals surface area (Å²) in [7, 11) is 4.22. The van der Waals surface area contributed by atoms with Crippen LogP contribution in [0.2, 0.25) is 0 Å². The number of furan rings is 1. The molecule has 0 fully saturated rings. The van der Waals surface area contributed by atoms with Gasteiger partial charge >= 0.3 is 0 Å². The lowest BCUT2D eigenvalue weighted by molar-refractivity contribution is 0.269. The van der Waals surface area contributed by atoms with Gasteiger partial charge in [-0.1, -0.05) is 29.8 Å². The third-order valence-electron chi connectivity index (χ3n) is 3.88. The van der Waals surface area contributed by atoms with Crippen LogP contribution in [-0.4, -0.2) is 28.5 Å². The number of hydrogen-bond acceptors (Lipinski definition) is 3. The summed E-state index contributed by atoms with van der Waals surface area (Å²) in [6.45, 7) is 2.95. The van der Waals surface area contributed by atoms with E-state index in [9.17, 15) is 0 Å². The van der Waals surface area contributed by atoms with Gasteiger partial charge in [0.1, 0.15) is 0 Å². The maximum absolute atomic E-state index is 5.49.